The average Bonchev–Trinajstić information content (AvgIpc) is 3.33. The van der Waals surface area contributed by atoms with Gasteiger partial charge >= 0.3 is 0 Å². The van der Waals surface area contributed by atoms with Crippen molar-refractivity contribution in [2.75, 3.05) is 18.1 Å². The first kappa shape index (κ1) is 23.9. The number of hydrogen-bond donors (Lipinski definition) is 0. The van der Waals surface area contributed by atoms with Crippen LogP contribution in [0.1, 0.15) is 68.8 Å². The first-order valence-corrected chi connectivity index (χ1v) is 13.2. The van der Waals surface area contributed by atoms with Crippen LogP contribution < -0.4 is 9.64 Å². The molecule has 0 amide bonds. The Morgan fingerprint density at radius 2 is 1.89 bits per heavy atom. The van der Waals surface area contributed by atoms with E-state index >= 15 is 4.39 Å². The normalized spacial score (nSPS) is 16.3. The molecule has 192 valence electrons. The number of rotatable bonds is 5. The molecule has 4 aromatic rings. The van der Waals surface area contributed by atoms with E-state index in [1.165, 1.54) is 49.9 Å². The lowest BCUT2D eigenvalue weighted by Crippen LogP contribution is -2.38. The molecule has 7 heteroatoms. The van der Waals surface area contributed by atoms with Crippen molar-refractivity contribution in [2.45, 2.75) is 64.3 Å². The summed E-state index contributed by atoms with van der Waals surface area (Å²) in [5.41, 5.74) is 4.27. The van der Waals surface area contributed by atoms with Crippen molar-refractivity contribution < 1.29 is 17.9 Å². The van der Waals surface area contributed by atoms with Crippen LogP contribution in [-0.2, 0) is 6.42 Å². The van der Waals surface area contributed by atoms with Crippen LogP contribution in [0.25, 0.3) is 22.2 Å². The highest BCUT2D eigenvalue weighted by atomic mass is 19.1. The molecule has 2 aromatic heterocycles. The van der Waals surface area contributed by atoms with Crippen molar-refractivity contribution in [3.8, 4) is 17.0 Å². The molecular formula is C30H31F2N3O2. The van der Waals surface area contributed by atoms with Crippen molar-refractivity contribution >= 4 is 16.7 Å². The Morgan fingerprint density at radius 3 is 2.70 bits per heavy atom. The van der Waals surface area contributed by atoms with Gasteiger partial charge in [-0.2, -0.15) is 0 Å². The van der Waals surface area contributed by atoms with Gasteiger partial charge in [0.2, 0.25) is 0 Å². The maximum atomic E-state index is 15.0. The third kappa shape index (κ3) is 4.56. The molecule has 0 atom stereocenters. The quantitative estimate of drug-likeness (QED) is 0.284. The second-order valence-corrected chi connectivity index (χ2v) is 10.5. The van der Waals surface area contributed by atoms with Gasteiger partial charge in [-0.15, -0.1) is 0 Å². The number of nitrogens with zero attached hydrogens (tertiary/aromatic N) is 3. The Kier molecular flexibility index (Phi) is 6.31. The summed E-state index contributed by atoms with van der Waals surface area (Å²) in [6.07, 6.45) is 9.73. The zero-order valence-corrected chi connectivity index (χ0v) is 21.3. The van der Waals surface area contributed by atoms with E-state index in [0.29, 0.717) is 42.6 Å². The minimum Gasteiger partial charge on any atom is -0.486 e. The van der Waals surface area contributed by atoms with Crippen LogP contribution >= 0.6 is 0 Å². The number of benzene rings is 2. The summed E-state index contributed by atoms with van der Waals surface area (Å²) >= 11 is 0. The van der Waals surface area contributed by atoms with E-state index in [9.17, 15) is 4.39 Å². The summed E-state index contributed by atoms with van der Waals surface area (Å²) in [7, 11) is 0. The fraction of sp³-hybridized carbons (Fsp3) is 0.400. The molecule has 1 aliphatic carbocycles. The smallest absolute Gasteiger partial charge is 0.178 e. The van der Waals surface area contributed by atoms with E-state index in [-0.39, 0.29) is 17.5 Å². The predicted octanol–water partition coefficient (Wildman–Crippen LogP) is 7.41. The standard InChI is InChI=1S/C30H31F2N3O2/c1-18(2)35-10-11-36-30-24(31)14-21(15-26(30)35)29-25(32)16-33-28(34-29)13-19-8-9-27-22(12-19)23(17-37-27)20-6-4-3-5-7-20/h8-9,12,14-18,20H,3-7,10-11,13H2,1-2H3. The van der Waals surface area contributed by atoms with Crippen LogP contribution in [-0.4, -0.2) is 29.2 Å². The summed E-state index contributed by atoms with van der Waals surface area (Å²) in [5, 5.41) is 1.14. The Labute approximate surface area is 215 Å². The van der Waals surface area contributed by atoms with Gasteiger partial charge in [0, 0.05) is 29.0 Å². The van der Waals surface area contributed by atoms with E-state index < -0.39 is 11.6 Å². The highest BCUT2D eigenvalue weighted by Crippen LogP contribution is 2.40. The molecule has 1 aliphatic heterocycles. The Morgan fingerprint density at radius 1 is 1.05 bits per heavy atom. The van der Waals surface area contributed by atoms with Crippen LogP contribution in [0, 0.1) is 11.6 Å². The lowest BCUT2D eigenvalue weighted by molar-refractivity contribution is 0.287. The van der Waals surface area contributed by atoms with Gasteiger partial charge < -0.3 is 14.1 Å². The molecular weight excluding hydrogens is 472 g/mol. The monoisotopic (exact) mass is 503 g/mol. The number of hydrogen-bond acceptors (Lipinski definition) is 5. The average molecular weight is 504 g/mol. The number of fused-ring (bicyclic) bond motifs is 2. The Balaban J connectivity index is 1.33. The zero-order valence-electron chi connectivity index (χ0n) is 21.3. The lowest BCUT2D eigenvalue weighted by Gasteiger charge is -2.34. The maximum Gasteiger partial charge on any atom is 0.178 e. The van der Waals surface area contributed by atoms with Gasteiger partial charge in [0.15, 0.2) is 17.4 Å². The molecule has 2 aliphatic rings. The van der Waals surface area contributed by atoms with E-state index in [0.717, 1.165) is 16.5 Å². The molecule has 5 nitrogen and oxygen atoms in total. The molecule has 0 saturated heterocycles. The van der Waals surface area contributed by atoms with Gasteiger partial charge in [-0.25, -0.2) is 18.7 Å². The molecule has 6 rings (SSSR count). The van der Waals surface area contributed by atoms with Crippen molar-refractivity contribution in [1.29, 1.82) is 0 Å². The topological polar surface area (TPSA) is 51.4 Å². The van der Waals surface area contributed by atoms with Crippen molar-refractivity contribution in [1.82, 2.24) is 9.97 Å². The molecule has 37 heavy (non-hydrogen) atoms. The second kappa shape index (κ2) is 9.77. The van der Waals surface area contributed by atoms with Gasteiger partial charge in [0.1, 0.15) is 23.7 Å². The van der Waals surface area contributed by atoms with Crippen LogP contribution in [0.5, 0.6) is 5.75 Å². The highest BCUT2D eigenvalue weighted by molar-refractivity contribution is 5.82. The zero-order chi connectivity index (χ0) is 25.5. The van der Waals surface area contributed by atoms with E-state index in [1.54, 1.807) is 6.07 Å². The van der Waals surface area contributed by atoms with E-state index in [1.807, 2.05) is 32.2 Å². The summed E-state index contributed by atoms with van der Waals surface area (Å²) in [6.45, 7) is 5.14. The van der Waals surface area contributed by atoms with E-state index in [2.05, 4.69) is 20.9 Å². The van der Waals surface area contributed by atoms with Crippen LogP contribution in [0.4, 0.5) is 14.5 Å². The number of furan rings is 1. The largest absolute Gasteiger partial charge is 0.486 e. The second-order valence-electron chi connectivity index (χ2n) is 10.5. The minimum atomic E-state index is -0.583. The lowest BCUT2D eigenvalue weighted by atomic mass is 9.84. The number of ether oxygens (including phenoxy) is 1. The van der Waals surface area contributed by atoms with Gasteiger partial charge in [-0.05, 0) is 62.4 Å². The molecule has 0 spiro atoms. The minimum absolute atomic E-state index is 0.0910. The van der Waals surface area contributed by atoms with Gasteiger partial charge in [-0.3, -0.25) is 0 Å². The summed E-state index contributed by atoms with van der Waals surface area (Å²) in [5.74, 6) is 0.125. The molecule has 3 heterocycles. The predicted molar refractivity (Wildman–Crippen MR) is 140 cm³/mol. The van der Waals surface area contributed by atoms with Crippen LogP contribution in [0.3, 0.4) is 0 Å². The molecule has 0 unspecified atom stereocenters. The number of anilines is 1. The summed E-state index contributed by atoms with van der Waals surface area (Å²) < 4.78 is 41.4. The Hall–Kier alpha value is -3.48. The molecule has 0 N–H and O–H groups in total. The molecule has 0 bridgehead atoms. The van der Waals surface area contributed by atoms with Gasteiger partial charge in [0.25, 0.3) is 0 Å². The molecule has 1 saturated carbocycles. The van der Waals surface area contributed by atoms with Crippen molar-refractivity contribution in [2.24, 2.45) is 0 Å². The maximum absolute atomic E-state index is 15.0. The highest BCUT2D eigenvalue weighted by Gasteiger charge is 2.26. The molecule has 2 aromatic carbocycles. The Bertz CT molecular complexity index is 1440. The first-order chi connectivity index (χ1) is 18.0. The fourth-order valence-electron chi connectivity index (χ4n) is 5.78. The van der Waals surface area contributed by atoms with E-state index in [4.69, 9.17) is 9.15 Å². The number of halogens is 2. The molecule has 0 radical (unpaired) electrons. The third-order valence-corrected chi connectivity index (χ3v) is 7.68. The summed E-state index contributed by atoms with van der Waals surface area (Å²) in [4.78, 5) is 10.9. The van der Waals surface area contributed by atoms with Gasteiger partial charge in [-0.1, -0.05) is 25.3 Å². The van der Waals surface area contributed by atoms with Crippen LogP contribution in [0.15, 0.2) is 47.2 Å². The molecule has 1 fully saturated rings. The third-order valence-electron chi connectivity index (χ3n) is 7.68. The summed E-state index contributed by atoms with van der Waals surface area (Å²) in [6, 6.07) is 9.34. The van der Waals surface area contributed by atoms with Gasteiger partial charge in [0.05, 0.1) is 24.7 Å². The first-order valence-electron chi connectivity index (χ1n) is 13.2. The SMILES string of the molecule is CC(C)N1CCOc2c(F)cc(-c3nc(Cc4ccc5occ(C6CCCCC6)c5c4)ncc3F)cc21. The van der Waals surface area contributed by atoms with Crippen molar-refractivity contribution in [3.05, 3.63) is 71.4 Å². The number of aromatic nitrogens is 2. The van der Waals surface area contributed by atoms with Crippen molar-refractivity contribution in [3.63, 3.8) is 0 Å². The fourth-order valence-corrected chi connectivity index (χ4v) is 5.78. The van der Waals surface area contributed by atoms with Crippen LogP contribution in [0.2, 0.25) is 0 Å².